The molecule has 0 aliphatic carbocycles. The van der Waals surface area contributed by atoms with Crippen LogP contribution >= 0.6 is 15.9 Å². The van der Waals surface area contributed by atoms with Gasteiger partial charge < -0.3 is 15.0 Å². The number of carbonyl (C=O) groups is 2. The van der Waals surface area contributed by atoms with Crippen LogP contribution in [-0.4, -0.2) is 51.4 Å². The summed E-state index contributed by atoms with van der Waals surface area (Å²) in [5.41, 5.74) is 2.96. The van der Waals surface area contributed by atoms with Gasteiger partial charge in [0.1, 0.15) is 18.3 Å². The lowest BCUT2D eigenvalue weighted by atomic mass is 10.0. The first-order valence-electron chi connectivity index (χ1n) is 15.2. The Kier molecular flexibility index (Phi) is 12.4. The second-order valence-electron chi connectivity index (χ2n) is 11.0. The number of benzene rings is 4. The highest BCUT2D eigenvalue weighted by molar-refractivity contribution is 9.10. The molecule has 4 aromatic rings. The monoisotopic (exact) mass is 705 g/mol. The Bertz CT molecular complexity index is 1700. The maximum absolute atomic E-state index is 14.5. The number of carbonyl (C=O) groups excluding carboxylic acids is 2. The van der Waals surface area contributed by atoms with Crippen molar-refractivity contribution < 1.29 is 22.7 Å². The third-order valence-electron chi connectivity index (χ3n) is 7.59. The van der Waals surface area contributed by atoms with Gasteiger partial charge in [-0.1, -0.05) is 89.4 Å². The number of hydrogen-bond acceptors (Lipinski definition) is 5. The average Bonchev–Trinajstić information content (AvgIpc) is 3.06. The molecule has 4 aromatic carbocycles. The van der Waals surface area contributed by atoms with Crippen LogP contribution in [0.5, 0.6) is 5.75 Å². The molecule has 0 fully saturated rings. The standard InChI is InChI=1S/C36H40BrN3O5S/c1-4-5-22-38-36(42)34(24-28-10-7-6-8-11-28)39(25-29-12-9-13-30(37)23-29)35(41)26-40(31-16-14-27(2)15-17-31)46(43,44)33-20-18-32(45-3)19-21-33/h6-21,23,34H,4-5,22,24-26H2,1-3H3,(H,38,42). The van der Waals surface area contributed by atoms with Gasteiger partial charge in [-0.05, 0) is 73.0 Å². The molecule has 242 valence electrons. The second kappa shape index (κ2) is 16.4. The molecule has 10 heteroatoms. The van der Waals surface area contributed by atoms with Gasteiger partial charge in [0.2, 0.25) is 11.8 Å². The summed E-state index contributed by atoms with van der Waals surface area (Å²) in [6.45, 7) is 4.00. The number of nitrogens with zero attached hydrogens (tertiary/aromatic N) is 2. The van der Waals surface area contributed by atoms with E-state index in [1.807, 2.05) is 68.4 Å². The number of methoxy groups -OCH3 is 1. The highest BCUT2D eigenvalue weighted by Gasteiger charge is 2.34. The fraction of sp³-hybridized carbons (Fsp3) is 0.278. The minimum atomic E-state index is -4.20. The maximum Gasteiger partial charge on any atom is 0.264 e. The van der Waals surface area contributed by atoms with E-state index in [0.29, 0.717) is 18.0 Å². The number of aryl methyl sites for hydroxylation is 1. The van der Waals surface area contributed by atoms with Crippen molar-refractivity contribution in [2.24, 2.45) is 0 Å². The third-order valence-corrected chi connectivity index (χ3v) is 9.87. The van der Waals surface area contributed by atoms with Gasteiger partial charge in [0.25, 0.3) is 10.0 Å². The highest BCUT2D eigenvalue weighted by Crippen LogP contribution is 2.27. The van der Waals surface area contributed by atoms with Crippen LogP contribution in [0.15, 0.2) is 112 Å². The largest absolute Gasteiger partial charge is 0.497 e. The van der Waals surface area contributed by atoms with E-state index in [9.17, 15) is 18.0 Å². The first-order valence-corrected chi connectivity index (χ1v) is 17.4. The molecular formula is C36H40BrN3O5S. The van der Waals surface area contributed by atoms with Gasteiger partial charge in [-0.3, -0.25) is 13.9 Å². The second-order valence-corrected chi connectivity index (χ2v) is 13.8. The molecule has 0 heterocycles. The minimum Gasteiger partial charge on any atom is -0.497 e. The van der Waals surface area contributed by atoms with E-state index >= 15 is 0 Å². The van der Waals surface area contributed by atoms with Gasteiger partial charge in [-0.15, -0.1) is 0 Å². The van der Waals surface area contributed by atoms with Crippen molar-refractivity contribution in [3.8, 4) is 5.75 Å². The molecule has 1 atom stereocenters. The van der Waals surface area contributed by atoms with Crippen LogP contribution < -0.4 is 14.4 Å². The lowest BCUT2D eigenvalue weighted by molar-refractivity contribution is -0.140. The molecule has 4 rings (SSSR count). The quantitative estimate of drug-likeness (QED) is 0.142. The number of halogens is 1. The number of nitrogens with one attached hydrogen (secondary N) is 1. The number of ether oxygens (including phenoxy) is 1. The van der Waals surface area contributed by atoms with Crippen molar-refractivity contribution >= 4 is 43.5 Å². The molecule has 2 amide bonds. The number of anilines is 1. The van der Waals surface area contributed by atoms with Gasteiger partial charge in [0.05, 0.1) is 17.7 Å². The van der Waals surface area contributed by atoms with Crippen molar-refractivity contribution in [2.45, 2.75) is 50.6 Å². The molecule has 0 spiro atoms. The zero-order chi connectivity index (χ0) is 33.1. The fourth-order valence-electron chi connectivity index (χ4n) is 5.01. The molecule has 1 N–H and O–H groups in total. The molecule has 0 aliphatic rings. The Labute approximate surface area is 280 Å². The van der Waals surface area contributed by atoms with Crippen molar-refractivity contribution in [1.82, 2.24) is 10.2 Å². The number of rotatable bonds is 15. The van der Waals surface area contributed by atoms with E-state index in [2.05, 4.69) is 21.2 Å². The Morgan fingerprint density at radius 2 is 1.57 bits per heavy atom. The molecular weight excluding hydrogens is 666 g/mol. The van der Waals surface area contributed by atoms with E-state index < -0.39 is 28.5 Å². The van der Waals surface area contributed by atoms with E-state index in [1.54, 1.807) is 36.4 Å². The van der Waals surface area contributed by atoms with Crippen molar-refractivity contribution in [3.63, 3.8) is 0 Å². The summed E-state index contributed by atoms with van der Waals surface area (Å²) in [7, 11) is -2.70. The molecule has 1 unspecified atom stereocenters. The summed E-state index contributed by atoms with van der Waals surface area (Å²) in [5, 5.41) is 3.01. The molecule has 0 radical (unpaired) electrons. The number of amides is 2. The summed E-state index contributed by atoms with van der Waals surface area (Å²) in [6.07, 6.45) is 1.96. The SMILES string of the molecule is CCCCNC(=O)C(Cc1ccccc1)N(Cc1cccc(Br)c1)C(=O)CN(c1ccc(C)cc1)S(=O)(=O)c1ccc(OC)cc1. The Morgan fingerprint density at radius 3 is 2.20 bits per heavy atom. The first-order chi connectivity index (χ1) is 22.1. The molecule has 46 heavy (non-hydrogen) atoms. The van der Waals surface area contributed by atoms with E-state index in [4.69, 9.17) is 4.74 Å². The van der Waals surface area contributed by atoms with Crippen molar-refractivity contribution in [2.75, 3.05) is 24.5 Å². The van der Waals surface area contributed by atoms with Gasteiger partial charge in [0, 0.05) is 24.0 Å². The predicted molar refractivity (Wildman–Crippen MR) is 185 cm³/mol. The van der Waals surface area contributed by atoms with Crippen LogP contribution in [0.3, 0.4) is 0 Å². The van der Waals surface area contributed by atoms with Crippen LogP contribution in [-0.2, 0) is 32.6 Å². The molecule has 0 saturated carbocycles. The first kappa shape index (κ1) is 34.7. The Balaban J connectivity index is 1.78. The summed E-state index contributed by atoms with van der Waals surface area (Å²) < 4.78 is 35.5. The Morgan fingerprint density at radius 1 is 0.891 bits per heavy atom. The van der Waals surface area contributed by atoms with Crippen LogP contribution in [0.2, 0.25) is 0 Å². The highest BCUT2D eigenvalue weighted by atomic mass is 79.9. The normalized spacial score (nSPS) is 11.8. The minimum absolute atomic E-state index is 0.0124. The van der Waals surface area contributed by atoms with Gasteiger partial charge in [0.15, 0.2) is 0 Å². The lowest BCUT2D eigenvalue weighted by Gasteiger charge is -2.34. The van der Waals surface area contributed by atoms with Gasteiger partial charge in [-0.2, -0.15) is 0 Å². The van der Waals surface area contributed by atoms with Crippen LogP contribution in [0.1, 0.15) is 36.5 Å². The molecule has 0 aromatic heterocycles. The van der Waals surface area contributed by atoms with Crippen molar-refractivity contribution in [3.05, 3.63) is 124 Å². The molecule has 0 saturated heterocycles. The smallest absolute Gasteiger partial charge is 0.264 e. The number of hydrogen-bond donors (Lipinski definition) is 1. The fourth-order valence-corrected chi connectivity index (χ4v) is 6.87. The number of unbranched alkanes of at least 4 members (excludes halogenated alkanes) is 1. The summed E-state index contributed by atoms with van der Waals surface area (Å²) in [5.74, 6) is -0.292. The van der Waals surface area contributed by atoms with E-state index in [0.717, 1.165) is 38.3 Å². The van der Waals surface area contributed by atoms with Crippen molar-refractivity contribution in [1.29, 1.82) is 0 Å². The number of sulfonamides is 1. The summed E-state index contributed by atoms with van der Waals surface area (Å²) in [4.78, 5) is 29.9. The average molecular weight is 707 g/mol. The lowest BCUT2D eigenvalue weighted by Crippen LogP contribution is -2.53. The van der Waals surface area contributed by atoms with Crippen LogP contribution in [0.25, 0.3) is 0 Å². The predicted octanol–water partition coefficient (Wildman–Crippen LogP) is 6.52. The summed E-state index contributed by atoms with van der Waals surface area (Å²) in [6, 6.07) is 29.2. The van der Waals surface area contributed by atoms with Crippen LogP contribution in [0, 0.1) is 6.92 Å². The zero-order valence-electron chi connectivity index (χ0n) is 26.4. The zero-order valence-corrected chi connectivity index (χ0v) is 28.8. The van der Waals surface area contributed by atoms with Gasteiger partial charge >= 0.3 is 0 Å². The van der Waals surface area contributed by atoms with E-state index in [1.165, 1.54) is 24.1 Å². The Hall–Kier alpha value is -4.15. The van der Waals surface area contributed by atoms with Gasteiger partial charge in [-0.25, -0.2) is 8.42 Å². The topological polar surface area (TPSA) is 96.0 Å². The van der Waals surface area contributed by atoms with Crippen LogP contribution in [0.4, 0.5) is 5.69 Å². The molecule has 0 aliphatic heterocycles. The molecule has 8 nitrogen and oxygen atoms in total. The summed E-state index contributed by atoms with van der Waals surface area (Å²) >= 11 is 3.51. The third kappa shape index (κ3) is 9.20. The maximum atomic E-state index is 14.5. The molecule has 0 bridgehead atoms. The van der Waals surface area contributed by atoms with E-state index in [-0.39, 0.29) is 23.8 Å².